The van der Waals surface area contributed by atoms with Gasteiger partial charge in [0.2, 0.25) is 0 Å². The molecule has 14 heavy (non-hydrogen) atoms. The summed E-state index contributed by atoms with van der Waals surface area (Å²) in [6.07, 6.45) is 1.06. The lowest BCUT2D eigenvalue weighted by atomic mass is 10.1. The Morgan fingerprint density at radius 2 is 2.29 bits per heavy atom. The lowest BCUT2D eigenvalue weighted by Crippen LogP contribution is -2.38. The van der Waals surface area contributed by atoms with E-state index >= 15 is 0 Å². The zero-order valence-electron chi connectivity index (χ0n) is 8.86. The molecule has 0 saturated carbocycles. The summed E-state index contributed by atoms with van der Waals surface area (Å²) in [5.41, 5.74) is 0. The van der Waals surface area contributed by atoms with Crippen molar-refractivity contribution < 1.29 is 5.11 Å². The Morgan fingerprint density at radius 1 is 1.50 bits per heavy atom. The molecular weight excluding hydrogens is 194 g/mol. The molecule has 0 aromatic carbocycles. The third-order valence-corrected chi connectivity index (χ3v) is 3.30. The number of aliphatic hydroxyl groups is 1. The van der Waals surface area contributed by atoms with Crippen LogP contribution in [0.5, 0.6) is 0 Å². The van der Waals surface area contributed by atoms with Crippen LogP contribution >= 0.6 is 11.3 Å². The molecule has 2 nitrogen and oxygen atoms in total. The van der Waals surface area contributed by atoms with Crippen molar-refractivity contribution in [3.8, 4) is 0 Å². The number of rotatable bonds is 6. The van der Waals surface area contributed by atoms with Gasteiger partial charge in [0.25, 0.3) is 0 Å². The maximum absolute atomic E-state index is 9.09. The quantitative estimate of drug-likeness (QED) is 0.756. The van der Waals surface area contributed by atoms with Crippen LogP contribution < -0.4 is 5.32 Å². The van der Waals surface area contributed by atoms with E-state index in [-0.39, 0.29) is 12.6 Å². The Morgan fingerprint density at radius 3 is 2.79 bits per heavy atom. The fraction of sp³-hybridized carbons (Fsp3) is 0.636. The van der Waals surface area contributed by atoms with E-state index in [0.717, 1.165) is 13.0 Å². The number of hydrogen-bond donors (Lipinski definition) is 2. The summed E-state index contributed by atoms with van der Waals surface area (Å²) in [7, 11) is 0. The van der Waals surface area contributed by atoms with Crippen molar-refractivity contribution in [3.05, 3.63) is 22.4 Å². The fourth-order valence-electron chi connectivity index (χ4n) is 1.35. The molecule has 0 aliphatic heterocycles. The van der Waals surface area contributed by atoms with Crippen LogP contribution in [0.15, 0.2) is 17.5 Å². The van der Waals surface area contributed by atoms with Crippen LogP contribution in [0, 0.1) is 5.92 Å². The average Bonchev–Trinajstić information content (AvgIpc) is 2.64. The van der Waals surface area contributed by atoms with E-state index in [1.54, 1.807) is 11.3 Å². The molecule has 3 heteroatoms. The maximum atomic E-state index is 9.09. The lowest BCUT2D eigenvalue weighted by Gasteiger charge is -2.19. The standard InChI is InChI=1S/C11H19NOS/c1-9(2)11(8-13)12-6-5-10-4-3-7-14-10/h3-4,7,9,11-13H,5-6,8H2,1-2H3. The van der Waals surface area contributed by atoms with E-state index in [0.29, 0.717) is 5.92 Å². The van der Waals surface area contributed by atoms with Gasteiger partial charge in [0, 0.05) is 17.5 Å². The Balaban J connectivity index is 2.20. The summed E-state index contributed by atoms with van der Waals surface area (Å²) in [4.78, 5) is 1.40. The van der Waals surface area contributed by atoms with Gasteiger partial charge in [-0.25, -0.2) is 0 Å². The van der Waals surface area contributed by atoms with E-state index < -0.39 is 0 Å². The molecular formula is C11H19NOS. The van der Waals surface area contributed by atoms with Gasteiger partial charge in [0.15, 0.2) is 0 Å². The van der Waals surface area contributed by atoms with Crippen LogP contribution in [0.1, 0.15) is 18.7 Å². The molecule has 1 aromatic heterocycles. The predicted octanol–water partition coefficient (Wildman–Crippen LogP) is 1.90. The summed E-state index contributed by atoms with van der Waals surface area (Å²) in [5, 5.41) is 14.6. The summed E-state index contributed by atoms with van der Waals surface area (Å²) in [6.45, 7) is 5.42. The molecule has 0 spiro atoms. The molecule has 0 aliphatic rings. The van der Waals surface area contributed by atoms with E-state index in [4.69, 9.17) is 5.11 Å². The minimum atomic E-state index is 0.224. The first-order valence-corrected chi connectivity index (χ1v) is 5.98. The van der Waals surface area contributed by atoms with Crippen LogP contribution in [0.3, 0.4) is 0 Å². The Kier molecular flexibility index (Phi) is 5.15. The van der Waals surface area contributed by atoms with E-state index in [1.807, 2.05) is 0 Å². The van der Waals surface area contributed by atoms with Crippen molar-refractivity contribution >= 4 is 11.3 Å². The zero-order valence-corrected chi connectivity index (χ0v) is 9.68. The average molecular weight is 213 g/mol. The summed E-state index contributed by atoms with van der Waals surface area (Å²) >= 11 is 1.79. The molecule has 1 aromatic rings. The number of thiophene rings is 1. The third kappa shape index (κ3) is 3.78. The molecule has 0 bridgehead atoms. The van der Waals surface area contributed by atoms with Crippen LogP contribution in [-0.4, -0.2) is 24.3 Å². The minimum absolute atomic E-state index is 0.224. The highest BCUT2D eigenvalue weighted by molar-refractivity contribution is 7.09. The molecule has 0 saturated heterocycles. The van der Waals surface area contributed by atoms with Gasteiger partial charge in [0.05, 0.1) is 6.61 Å². The first-order chi connectivity index (χ1) is 6.74. The number of aliphatic hydroxyl groups excluding tert-OH is 1. The molecule has 2 N–H and O–H groups in total. The van der Waals surface area contributed by atoms with Crippen molar-refractivity contribution in [3.63, 3.8) is 0 Å². The van der Waals surface area contributed by atoms with Crippen LogP contribution in [0.2, 0.25) is 0 Å². The normalized spacial score (nSPS) is 13.4. The number of nitrogens with one attached hydrogen (secondary N) is 1. The molecule has 1 atom stereocenters. The number of hydrogen-bond acceptors (Lipinski definition) is 3. The summed E-state index contributed by atoms with van der Waals surface area (Å²) < 4.78 is 0. The van der Waals surface area contributed by atoms with Gasteiger partial charge in [-0.15, -0.1) is 11.3 Å². The molecule has 1 rings (SSSR count). The molecule has 0 radical (unpaired) electrons. The summed E-state index contributed by atoms with van der Waals surface area (Å²) in [5.74, 6) is 0.489. The molecule has 80 valence electrons. The molecule has 1 heterocycles. The van der Waals surface area contributed by atoms with Gasteiger partial charge in [-0.2, -0.15) is 0 Å². The highest BCUT2D eigenvalue weighted by Gasteiger charge is 2.10. The van der Waals surface area contributed by atoms with Gasteiger partial charge in [-0.1, -0.05) is 19.9 Å². The van der Waals surface area contributed by atoms with Crippen LogP contribution in [0.25, 0.3) is 0 Å². The Hall–Kier alpha value is -0.380. The first kappa shape index (κ1) is 11.7. The van der Waals surface area contributed by atoms with E-state index in [9.17, 15) is 0 Å². The second kappa shape index (κ2) is 6.17. The van der Waals surface area contributed by atoms with Crippen molar-refractivity contribution in [1.29, 1.82) is 0 Å². The molecule has 0 fully saturated rings. The van der Waals surface area contributed by atoms with Crippen molar-refractivity contribution in [2.24, 2.45) is 5.92 Å². The maximum Gasteiger partial charge on any atom is 0.0587 e. The SMILES string of the molecule is CC(C)C(CO)NCCc1cccs1. The van der Waals surface area contributed by atoms with Gasteiger partial charge >= 0.3 is 0 Å². The fourth-order valence-corrected chi connectivity index (χ4v) is 2.06. The van der Waals surface area contributed by atoms with Crippen LogP contribution in [0.4, 0.5) is 0 Å². The largest absolute Gasteiger partial charge is 0.395 e. The Bertz CT molecular complexity index is 233. The molecule has 1 unspecified atom stereocenters. The molecule has 0 aliphatic carbocycles. The van der Waals surface area contributed by atoms with Gasteiger partial charge < -0.3 is 10.4 Å². The van der Waals surface area contributed by atoms with Crippen molar-refractivity contribution in [1.82, 2.24) is 5.32 Å². The van der Waals surface area contributed by atoms with E-state index in [1.165, 1.54) is 4.88 Å². The minimum Gasteiger partial charge on any atom is -0.395 e. The van der Waals surface area contributed by atoms with Crippen LogP contribution in [-0.2, 0) is 6.42 Å². The second-order valence-corrected chi connectivity index (χ2v) is 4.85. The van der Waals surface area contributed by atoms with E-state index in [2.05, 4.69) is 36.7 Å². The van der Waals surface area contributed by atoms with Gasteiger partial charge in [0.1, 0.15) is 0 Å². The van der Waals surface area contributed by atoms with Gasteiger partial charge in [-0.05, 0) is 23.8 Å². The monoisotopic (exact) mass is 213 g/mol. The van der Waals surface area contributed by atoms with Crippen molar-refractivity contribution in [2.45, 2.75) is 26.3 Å². The summed E-state index contributed by atoms with van der Waals surface area (Å²) in [6, 6.07) is 4.46. The highest BCUT2D eigenvalue weighted by atomic mass is 32.1. The first-order valence-electron chi connectivity index (χ1n) is 5.10. The van der Waals surface area contributed by atoms with Crippen molar-refractivity contribution in [2.75, 3.05) is 13.2 Å². The zero-order chi connectivity index (χ0) is 10.4. The highest BCUT2D eigenvalue weighted by Crippen LogP contribution is 2.08. The topological polar surface area (TPSA) is 32.3 Å². The molecule has 0 amide bonds. The van der Waals surface area contributed by atoms with Gasteiger partial charge in [-0.3, -0.25) is 0 Å². The Labute approximate surface area is 90.0 Å². The second-order valence-electron chi connectivity index (χ2n) is 3.82. The smallest absolute Gasteiger partial charge is 0.0587 e. The predicted molar refractivity (Wildman–Crippen MR) is 61.7 cm³/mol. The lowest BCUT2D eigenvalue weighted by molar-refractivity contribution is 0.212. The third-order valence-electron chi connectivity index (χ3n) is 2.36.